The van der Waals surface area contributed by atoms with Gasteiger partial charge in [-0.3, -0.25) is 4.98 Å². The average Bonchev–Trinajstić information content (AvgIpc) is 3.59. The number of nitrogens with zero attached hydrogens (tertiary/aromatic N) is 5. The van der Waals surface area contributed by atoms with Crippen LogP contribution in [0.2, 0.25) is 0 Å². The summed E-state index contributed by atoms with van der Waals surface area (Å²) in [7, 11) is 1.59. The highest BCUT2D eigenvalue weighted by atomic mass is 19.1. The van der Waals surface area contributed by atoms with E-state index in [2.05, 4.69) is 25.3 Å². The zero-order chi connectivity index (χ0) is 28.0. The Morgan fingerprint density at radius 3 is 2.55 bits per heavy atom. The maximum atomic E-state index is 15.5. The monoisotopic (exact) mass is 549 g/mol. The number of methoxy groups -OCH3 is 1. The molecule has 9 nitrogen and oxygen atoms in total. The van der Waals surface area contributed by atoms with Crippen LogP contribution in [0.5, 0.6) is 0 Å². The maximum Gasteiger partial charge on any atom is 0.229 e. The highest BCUT2D eigenvalue weighted by Crippen LogP contribution is 2.43. The van der Waals surface area contributed by atoms with E-state index in [-0.39, 0.29) is 23.2 Å². The fourth-order valence-corrected chi connectivity index (χ4v) is 6.13. The van der Waals surface area contributed by atoms with Gasteiger partial charge >= 0.3 is 0 Å². The molecule has 6 rings (SSSR count). The number of benzene rings is 1. The fourth-order valence-electron chi connectivity index (χ4n) is 6.13. The second-order valence-corrected chi connectivity index (χ2v) is 10.9. The summed E-state index contributed by atoms with van der Waals surface area (Å²) in [6.07, 6.45) is 7.80. The number of aliphatic hydroxyl groups excluding tert-OH is 1. The number of rotatable bonds is 6. The van der Waals surface area contributed by atoms with Crippen LogP contribution in [-0.4, -0.2) is 57.0 Å². The summed E-state index contributed by atoms with van der Waals surface area (Å²) >= 11 is 0. The molecule has 2 fully saturated rings. The number of anilines is 3. The molecule has 1 aromatic carbocycles. The molecule has 210 valence electrons. The molecule has 1 aliphatic heterocycles. The van der Waals surface area contributed by atoms with Crippen LogP contribution in [0.4, 0.5) is 26.1 Å². The van der Waals surface area contributed by atoms with Gasteiger partial charge in [0, 0.05) is 38.4 Å². The minimum atomic E-state index is -0.688. The van der Waals surface area contributed by atoms with Gasteiger partial charge in [0.2, 0.25) is 5.95 Å². The van der Waals surface area contributed by atoms with Gasteiger partial charge in [0.25, 0.3) is 0 Å². The van der Waals surface area contributed by atoms with E-state index in [1.54, 1.807) is 37.8 Å². The third-order valence-electron chi connectivity index (χ3n) is 8.36. The van der Waals surface area contributed by atoms with E-state index in [4.69, 9.17) is 10.5 Å². The molecule has 4 N–H and O–H groups in total. The molecule has 0 radical (unpaired) electrons. The van der Waals surface area contributed by atoms with Gasteiger partial charge in [-0.2, -0.15) is 9.61 Å². The van der Waals surface area contributed by atoms with E-state index in [0.29, 0.717) is 35.8 Å². The Balaban J connectivity index is 1.34. The lowest BCUT2D eigenvalue weighted by Gasteiger charge is -2.40. The lowest BCUT2D eigenvalue weighted by Crippen LogP contribution is -2.55. The first-order chi connectivity index (χ1) is 19.3. The van der Waals surface area contributed by atoms with Crippen molar-refractivity contribution in [3.05, 3.63) is 66.1 Å². The number of ether oxygens (including phenoxy) is 1. The summed E-state index contributed by atoms with van der Waals surface area (Å²) in [4.78, 5) is 10.8. The van der Waals surface area contributed by atoms with Crippen molar-refractivity contribution in [2.24, 2.45) is 11.7 Å². The topological polar surface area (TPSA) is 114 Å². The molecule has 1 aliphatic carbocycles. The van der Waals surface area contributed by atoms with Gasteiger partial charge in [-0.25, -0.2) is 13.8 Å². The van der Waals surface area contributed by atoms with Gasteiger partial charge in [-0.15, -0.1) is 0 Å². The summed E-state index contributed by atoms with van der Waals surface area (Å²) in [6.45, 7) is 3.07. The van der Waals surface area contributed by atoms with Crippen LogP contribution in [0.25, 0.3) is 16.8 Å². The number of halogens is 2. The van der Waals surface area contributed by atoms with Crippen LogP contribution in [0, 0.1) is 17.6 Å². The molecule has 3 unspecified atom stereocenters. The van der Waals surface area contributed by atoms with E-state index in [1.807, 2.05) is 13.0 Å². The Labute approximate surface area is 231 Å². The Bertz CT molecular complexity index is 1500. The minimum Gasteiger partial charge on any atom is -0.391 e. The molecule has 1 saturated heterocycles. The highest BCUT2D eigenvalue weighted by molar-refractivity contribution is 5.74. The van der Waals surface area contributed by atoms with Gasteiger partial charge in [0.1, 0.15) is 11.6 Å². The van der Waals surface area contributed by atoms with E-state index in [9.17, 15) is 5.11 Å². The predicted octanol–water partition coefficient (Wildman–Crippen LogP) is 4.37. The van der Waals surface area contributed by atoms with Crippen LogP contribution in [0.1, 0.15) is 38.2 Å². The number of pyridine rings is 1. The Morgan fingerprint density at radius 2 is 1.85 bits per heavy atom. The van der Waals surface area contributed by atoms with Crippen LogP contribution in [-0.2, 0) is 10.3 Å². The van der Waals surface area contributed by atoms with Crippen LogP contribution >= 0.6 is 0 Å². The van der Waals surface area contributed by atoms with Gasteiger partial charge < -0.3 is 25.8 Å². The number of fused-ring (bicyclic) bond motifs is 1. The molecule has 40 heavy (non-hydrogen) atoms. The summed E-state index contributed by atoms with van der Waals surface area (Å²) in [5.41, 5.74) is 8.15. The molecule has 3 atom stereocenters. The second kappa shape index (κ2) is 10.4. The Kier molecular flexibility index (Phi) is 6.89. The number of nitrogens with one attached hydrogen (secondary N) is 1. The summed E-state index contributed by atoms with van der Waals surface area (Å²) < 4.78 is 38.2. The zero-order valence-electron chi connectivity index (χ0n) is 22.5. The Hall–Kier alpha value is -3.67. The fraction of sp³-hybridized carbons (Fsp3) is 0.414. The first-order valence-corrected chi connectivity index (χ1v) is 13.6. The molecular weight excluding hydrogens is 516 g/mol. The SMILES string of the molecule is COC1(c2cc(F)c(-c3ccc4cnc(Nc5cnccc5N5CC(C)C(O)C(N)C5)n4n3)c(F)c2)CCCC1. The van der Waals surface area contributed by atoms with Gasteiger partial charge in [-0.05, 0) is 48.7 Å². The van der Waals surface area contributed by atoms with Crippen molar-refractivity contribution >= 4 is 22.8 Å². The summed E-state index contributed by atoms with van der Waals surface area (Å²) in [5, 5.41) is 18.1. The first kappa shape index (κ1) is 26.5. The van der Waals surface area contributed by atoms with E-state index in [0.717, 1.165) is 31.4 Å². The molecular formula is C29H33F2N7O2. The number of hydrogen-bond acceptors (Lipinski definition) is 8. The average molecular weight is 550 g/mol. The molecule has 2 aliphatic rings. The normalized spacial score (nSPS) is 22.6. The second-order valence-electron chi connectivity index (χ2n) is 10.9. The third-order valence-corrected chi connectivity index (χ3v) is 8.36. The lowest BCUT2D eigenvalue weighted by molar-refractivity contribution is -0.00914. The molecule has 11 heteroatoms. The van der Waals surface area contributed by atoms with Crippen LogP contribution in [0.3, 0.4) is 0 Å². The van der Waals surface area contributed by atoms with Crippen molar-refractivity contribution in [3.63, 3.8) is 0 Å². The standard InChI is InChI=1S/C29H33F2N7O2/c1-17-15-37(16-22(32)27(17)39)25-7-10-33-14-24(25)35-28-34-13-19-5-6-23(36-38(19)28)26-20(30)11-18(12-21(26)31)29(40-2)8-3-4-9-29/h5-7,10-14,17,22,27,39H,3-4,8-9,15-16,32H2,1-2H3,(H,34,35). The molecule has 0 spiro atoms. The zero-order valence-corrected chi connectivity index (χ0v) is 22.5. The smallest absolute Gasteiger partial charge is 0.229 e. The van der Waals surface area contributed by atoms with E-state index in [1.165, 1.54) is 16.6 Å². The predicted molar refractivity (Wildman–Crippen MR) is 148 cm³/mol. The molecule has 1 saturated carbocycles. The van der Waals surface area contributed by atoms with Crippen molar-refractivity contribution in [2.45, 2.75) is 50.4 Å². The quantitative estimate of drug-likeness (QED) is 0.325. The number of aromatic nitrogens is 4. The molecule has 4 aromatic rings. The molecule has 4 heterocycles. The van der Waals surface area contributed by atoms with Crippen molar-refractivity contribution in [1.29, 1.82) is 0 Å². The summed E-state index contributed by atoms with van der Waals surface area (Å²) in [6, 6.07) is 7.53. The number of hydrogen-bond donors (Lipinski definition) is 3. The maximum absolute atomic E-state index is 15.5. The number of nitrogens with two attached hydrogens (primary N) is 1. The van der Waals surface area contributed by atoms with Crippen LogP contribution in [0.15, 0.2) is 48.9 Å². The molecule has 0 amide bonds. The van der Waals surface area contributed by atoms with Crippen molar-refractivity contribution < 1.29 is 18.6 Å². The van der Waals surface area contributed by atoms with E-state index < -0.39 is 23.3 Å². The largest absolute Gasteiger partial charge is 0.391 e. The number of piperidine rings is 1. The van der Waals surface area contributed by atoms with Gasteiger partial charge in [-0.1, -0.05) is 19.8 Å². The van der Waals surface area contributed by atoms with Crippen LogP contribution < -0.4 is 16.0 Å². The van der Waals surface area contributed by atoms with Crippen molar-refractivity contribution in [2.75, 3.05) is 30.4 Å². The Morgan fingerprint density at radius 1 is 1.10 bits per heavy atom. The highest BCUT2D eigenvalue weighted by Gasteiger charge is 2.37. The van der Waals surface area contributed by atoms with E-state index >= 15 is 8.78 Å². The van der Waals surface area contributed by atoms with Gasteiger partial charge in [0.15, 0.2) is 0 Å². The van der Waals surface area contributed by atoms with Crippen molar-refractivity contribution in [1.82, 2.24) is 19.6 Å². The molecule has 3 aromatic heterocycles. The minimum absolute atomic E-state index is 0.00939. The first-order valence-electron chi connectivity index (χ1n) is 13.6. The number of imidazole rings is 1. The summed E-state index contributed by atoms with van der Waals surface area (Å²) in [5.74, 6) is -1.02. The molecule has 0 bridgehead atoms. The lowest BCUT2D eigenvalue weighted by atomic mass is 9.90. The van der Waals surface area contributed by atoms with Crippen molar-refractivity contribution in [3.8, 4) is 11.3 Å². The van der Waals surface area contributed by atoms with Gasteiger partial charge in [0.05, 0.1) is 52.2 Å². The number of aliphatic hydroxyl groups is 1. The third kappa shape index (κ3) is 4.57.